The Kier molecular flexibility index (Phi) is 5.69. The number of aliphatic hydroxyl groups excluding tert-OH is 1. The highest BCUT2D eigenvalue weighted by Crippen LogP contribution is 2.32. The van der Waals surface area contributed by atoms with Gasteiger partial charge in [-0.3, -0.25) is 10.1 Å². The number of nitro groups is 1. The van der Waals surface area contributed by atoms with Crippen LogP contribution in [0, 0.1) is 10.1 Å². The maximum absolute atomic E-state index is 10.9. The lowest BCUT2D eigenvalue weighted by molar-refractivity contribution is -0.384. The first-order valence-corrected chi connectivity index (χ1v) is 5.83. The lowest BCUT2D eigenvalue weighted by atomic mass is 10.1. The number of nitrogens with zero attached hydrogens (tertiary/aromatic N) is 1. The third-order valence-electron chi connectivity index (χ3n) is 2.80. The Morgan fingerprint density at radius 3 is 2.65 bits per heavy atom. The first kappa shape index (κ1) is 16.2. The lowest BCUT2D eigenvalue weighted by Crippen LogP contribution is -2.10. The van der Waals surface area contributed by atoms with Gasteiger partial charge in [0.15, 0.2) is 0 Å². The van der Waals surface area contributed by atoms with Gasteiger partial charge in [-0.1, -0.05) is 12.1 Å². The van der Waals surface area contributed by atoms with Gasteiger partial charge in [-0.25, -0.2) is 0 Å². The van der Waals surface area contributed by atoms with Crippen molar-refractivity contribution in [3.8, 4) is 11.3 Å². The lowest BCUT2D eigenvalue weighted by Gasteiger charge is -2.05. The summed E-state index contributed by atoms with van der Waals surface area (Å²) in [5.41, 5.74) is 6.20. The van der Waals surface area contributed by atoms with E-state index in [0.717, 1.165) is 0 Å². The molecule has 6 nitrogen and oxygen atoms in total. The second-order valence-electron chi connectivity index (χ2n) is 4.10. The van der Waals surface area contributed by atoms with Gasteiger partial charge < -0.3 is 15.3 Å². The number of rotatable bonds is 5. The highest BCUT2D eigenvalue weighted by atomic mass is 35.5. The molecule has 2 rings (SSSR count). The predicted molar refractivity (Wildman–Crippen MR) is 76.7 cm³/mol. The zero-order valence-corrected chi connectivity index (χ0v) is 11.4. The summed E-state index contributed by atoms with van der Waals surface area (Å²) >= 11 is 0. The van der Waals surface area contributed by atoms with E-state index in [4.69, 9.17) is 15.3 Å². The Labute approximate surface area is 121 Å². The number of nitrogens with two attached hydrogens (primary N) is 1. The summed E-state index contributed by atoms with van der Waals surface area (Å²) in [4.78, 5) is 10.5. The molecule has 1 unspecified atom stereocenters. The number of furan rings is 1. The first-order valence-electron chi connectivity index (χ1n) is 5.83. The van der Waals surface area contributed by atoms with Gasteiger partial charge in [-0.05, 0) is 24.6 Å². The highest BCUT2D eigenvalue weighted by molar-refractivity contribution is 5.85. The summed E-state index contributed by atoms with van der Waals surface area (Å²) in [6.07, 6.45) is 0.379. The van der Waals surface area contributed by atoms with E-state index in [1.165, 1.54) is 6.07 Å². The molecule has 0 aliphatic carbocycles. The molecule has 0 saturated heterocycles. The van der Waals surface area contributed by atoms with Gasteiger partial charge in [0.05, 0.1) is 16.5 Å². The number of para-hydroxylation sites is 1. The normalized spacial score (nSPS) is 11.7. The molecule has 0 spiro atoms. The maximum Gasteiger partial charge on any atom is 0.280 e. The fourth-order valence-corrected chi connectivity index (χ4v) is 1.82. The average molecular weight is 299 g/mol. The van der Waals surface area contributed by atoms with E-state index in [0.29, 0.717) is 23.5 Å². The van der Waals surface area contributed by atoms with Crippen molar-refractivity contribution in [2.45, 2.75) is 12.5 Å². The van der Waals surface area contributed by atoms with Crippen LogP contribution in [0.3, 0.4) is 0 Å². The molecule has 1 atom stereocenters. The number of halogens is 1. The molecule has 3 N–H and O–H groups in total. The molecule has 0 saturated carbocycles. The molecule has 2 aromatic rings. The summed E-state index contributed by atoms with van der Waals surface area (Å²) < 4.78 is 5.53. The Hall–Kier alpha value is -1.89. The van der Waals surface area contributed by atoms with Gasteiger partial charge in [0, 0.05) is 12.7 Å². The van der Waals surface area contributed by atoms with Gasteiger partial charge in [-0.15, -0.1) is 12.4 Å². The smallest absolute Gasteiger partial charge is 0.280 e. The van der Waals surface area contributed by atoms with Crippen molar-refractivity contribution in [2.24, 2.45) is 5.73 Å². The third kappa shape index (κ3) is 3.36. The molecule has 20 heavy (non-hydrogen) atoms. The van der Waals surface area contributed by atoms with Gasteiger partial charge >= 0.3 is 0 Å². The number of hydrogen-bond acceptors (Lipinski definition) is 5. The van der Waals surface area contributed by atoms with Crippen molar-refractivity contribution in [3.05, 3.63) is 52.3 Å². The molecule has 7 heteroatoms. The molecular weight excluding hydrogens is 284 g/mol. The summed E-state index contributed by atoms with van der Waals surface area (Å²) in [6, 6.07) is 9.26. The van der Waals surface area contributed by atoms with Crippen LogP contribution in [0.25, 0.3) is 11.3 Å². The van der Waals surface area contributed by atoms with Crippen molar-refractivity contribution in [3.63, 3.8) is 0 Å². The summed E-state index contributed by atoms with van der Waals surface area (Å²) in [7, 11) is 0. The van der Waals surface area contributed by atoms with Crippen LogP contribution in [0.2, 0.25) is 0 Å². The van der Waals surface area contributed by atoms with Crippen LogP contribution in [0.4, 0.5) is 5.69 Å². The topological polar surface area (TPSA) is 103 Å². The zero-order valence-electron chi connectivity index (χ0n) is 10.6. The Morgan fingerprint density at radius 2 is 2.00 bits per heavy atom. The van der Waals surface area contributed by atoms with Crippen molar-refractivity contribution in [2.75, 3.05) is 6.61 Å². The van der Waals surface area contributed by atoms with Crippen LogP contribution in [0.5, 0.6) is 0 Å². The fourth-order valence-electron chi connectivity index (χ4n) is 1.82. The van der Waals surface area contributed by atoms with Gasteiger partial charge in [0.2, 0.25) is 0 Å². The van der Waals surface area contributed by atoms with E-state index in [9.17, 15) is 10.1 Å². The molecular formula is C13H15ClN2O4. The van der Waals surface area contributed by atoms with E-state index < -0.39 is 11.0 Å². The van der Waals surface area contributed by atoms with Crippen LogP contribution in [0.1, 0.15) is 18.2 Å². The largest absolute Gasteiger partial charge is 0.459 e. The molecule has 108 valence electrons. The number of aliphatic hydroxyl groups is 1. The van der Waals surface area contributed by atoms with Gasteiger partial charge in [-0.2, -0.15) is 0 Å². The van der Waals surface area contributed by atoms with Crippen LogP contribution >= 0.6 is 12.4 Å². The molecule has 0 fully saturated rings. The van der Waals surface area contributed by atoms with Gasteiger partial charge in [0.25, 0.3) is 5.69 Å². The van der Waals surface area contributed by atoms with Gasteiger partial charge in [0.1, 0.15) is 11.5 Å². The molecule has 1 heterocycles. The van der Waals surface area contributed by atoms with Crippen LogP contribution < -0.4 is 5.73 Å². The van der Waals surface area contributed by atoms with E-state index in [1.54, 1.807) is 30.3 Å². The first-order chi connectivity index (χ1) is 9.13. The fraction of sp³-hybridized carbons (Fsp3) is 0.231. The highest BCUT2D eigenvalue weighted by Gasteiger charge is 2.18. The summed E-state index contributed by atoms with van der Waals surface area (Å²) in [5, 5.41) is 19.8. The molecule has 1 aromatic carbocycles. The van der Waals surface area contributed by atoms with Crippen LogP contribution in [0.15, 0.2) is 40.8 Å². The molecule has 0 aliphatic heterocycles. The van der Waals surface area contributed by atoms with Crippen molar-refractivity contribution < 1.29 is 14.4 Å². The number of benzene rings is 1. The van der Waals surface area contributed by atoms with Crippen molar-refractivity contribution in [1.29, 1.82) is 0 Å². The Bertz CT molecular complexity index is 585. The zero-order chi connectivity index (χ0) is 13.8. The van der Waals surface area contributed by atoms with E-state index >= 15 is 0 Å². The van der Waals surface area contributed by atoms with Crippen LogP contribution in [-0.4, -0.2) is 16.6 Å². The van der Waals surface area contributed by atoms with E-state index in [-0.39, 0.29) is 24.7 Å². The SMILES string of the molecule is Cl.NC(CCO)c1ccc(-c2ccccc2[N+](=O)[O-])o1. The minimum atomic E-state index is -0.453. The Balaban J connectivity index is 0.00000200. The monoisotopic (exact) mass is 298 g/mol. The average Bonchev–Trinajstić information content (AvgIpc) is 2.88. The molecule has 0 aliphatic rings. The van der Waals surface area contributed by atoms with Crippen molar-refractivity contribution in [1.82, 2.24) is 0 Å². The van der Waals surface area contributed by atoms with E-state index in [2.05, 4.69) is 0 Å². The van der Waals surface area contributed by atoms with Crippen LogP contribution in [-0.2, 0) is 0 Å². The summed E-state index contributed by atoms with van der Waals surface area (Å²) in [6.45, 7) is -0.0390. The second-order valence-corrected chi connectivity index (χ2v) is 4.10. The summed E-state index contributed by atoms with van der Waals surface area (Å²) in [5.74, 6) is 0.901. The maximum atomic E-state index is 10.9. The number of hydrogen-bond donors (Lipinski definition) is 2. The molecule has 0 radical (unpaired) electrons. The third-order valence-corrected chi connectivity index (χ3v) is 2.80. The second kappa shape index (κ2) is 7.04. The molecule has 0 amide bonds. The standard InChI is InChI=1S/C13H14N2O4.ClH/c14-10(7-8-16)13-6-5-12(19-13)9-3-1-2-4-11(9)15(17)18;/h1-6,10,16H,7-8,14H2;1H. The molecule has 1 aromatic heterocycles. The molecule has 0 bridgehead atoms. The quantitative estimate of drug-likeness (QED) is 0.652. The predicted octanol–water partition coefficient (Wildman–Crippen LogP) is 2.66. The number of nitro benzene ring substituents is 1. The van der Waals surface area contributed by atoms with E-state index in [1.807, 2.05) is 0 Å². The Morgan fingerprint density at radius 1 is 1.30 bits per heavy atom. The minimum Gasteiger partial charge on any atom is -0.459 e. The minimum absolute atomic E-state index is 0. The van der Waals surface area contributed by atoms with Crippen molar-refractivity contribution >= 4 is 18.1 Å².